The number of carbonyl (C=O) groups is 1. The van der Waals surface area contributed by atoms with Crippen LogP contribution in [-0.2, 0) is 18.4 Å². The second kappa shape index (κ2) is 7.75. The summed E-state index contributed by atoms with van der Waals surface area (Å²) in [5, 5.41) is 7.40. The predicted molar refractivity (Wildman–Crippen MR) is 110 cm³/mol. The van der Waals surface area contributed by atoms with E-state index in [1.165, 1.54) is 0 Å². The second-order valence-electron chi connectivity index (χ2n) is 7.62. The van der Waals surface area contributed by atoms with Gasteiger partial charge in [-0.3, -0.25) is 14.4 Å². The molecule has 1 aromatic carbocycles. The minimum atomic E-state index is 0.0180. The van der Waals surface area contributed by atoms with E-state index in [9.17, 15) is 4.79 Å². The first-order valence-electron chi connectivity index (χ1n) is 10.0. The number of fused-ring (bicyclic) bond motifs is 1. The number of aryl methyl sites for hydroxylation is 3. The molecule has 7 nitrogen and oxygen atoms in total. The van der Waals surface area contributed by atoms with Gasteiger partial charge in [-0.05, 0) is 45.4 Å². The molecule has 1 saturated heterocycles. The molecule has 1 aliphatic heterocycles. The smallest absolute Gasteiger partial charge is 0.238 e. The molecule has 0 aliphatic carbocycles. The molecule has 4 rings (SSSR count). The molecule has 1 amide bonds. The summed E-state index contributed by atoms with van der Waals surface area (Å²) in [5.74, 6) is 1.49. The van der Waals surface area contributed by atoms with Crippen molar-refractivity contribution in [3.8, 4) is 0 Å². The number of rotatable bonds is 5. The normalized spacial score (nSPS) is 17.9. The van der Waals surface area contributed by atoms with Crippen molar-refractivity contribution in [3.63, 3.8) is 0 Å². The molecule has 1 fully saturated rings. The summed E-state index contributed by atoms with van der Waals surface area (Å²) in [4.78, 5) is 19.7. The van der Waals surface area contributed by atoms with Crippen molar-refractivity contribution in [2.75, 3.05) is 25.0 Å². The Balaban J connectivity index is 1.42. The highest BCUT2D eigenvalue weighted by Crippen LogP contribution is 2.28. The molecule has 1 unspecified atom stereocenters. The van der Waals surface area contributed by atoms with Crippen LogP contribution in [0.2, 0.25) is 0 Å². The number of amides is 1. The summed E-state index contributed by atoms with van der Waals surface area (Å²) in [5.41, 5.74) is 3.86. The number of aromatic nitrogens is 4. The van der Waals surface area contributed by atoms with Crippen LogP contribution in [-0.4, -0.2) is 49.8 Å². The largest absolute Gasteiger partial charge is 0.331 e. The third-order valence-electron chi connectivity index (χ3n) is 5.60. The van der Waals surface area contributed by atoms with Crippen LogP contribution >= 0.6 is 0 Å². The van der Waals surface area contributed by atoms with Crippen molar-refractivity contribution >= 4 is 22.6 Å². The number of nitrogens with one attached hydrogen (secondary N) is 1. The average molecular weight is 380 g/mol. The first kappa shape index (κ1) is 18.7. The summed E-state index contributed by atoms with van der Waals surface area (Å²) in [7, 11) is 2.09. The highest BCUT2D eigenvalue weighted by atomic mass is 16.2. The highest BCUT2D eigenvalue weighted by Gasteiger charge is 2.26. The molecule has 0 radical (unpaired) electrons. The van der Waals surface area contributed by atoms with Crippen LogP contribution in [0.25, 0.3) is 11.0 Å². The van der Waals surface area contributed by atoms with E-state index in [4.69, 9.17) is 4.98 Å². The number of anilines is 1. The van der Waals surface area contributed by atoms with E-state index in [1.54, 1.807) is 0 Å². The fourth-order valence-corrected chi connectivity index (χ4v) is 4.13. The number of piperidine rings is 1. The van der Waals surface area contributed by atoms with E-state index < -0.39 is 0 Å². The van der Waals surface area contributed by atoms with E-state index in [0.717, 1.165) is 60.7 Å². The number of benzene rings is 1. The Morgan fingerprint density at radius 3 is 2.89 bits per heavy atom. The average Bonchev–Trinajstić information content (AvgIpc) is 3.22. The van der Waals surface area contributed by atoms with Gasteiger partial charge in [0.25, 0.3) is 0 Å². The quantitative estimate of drug-likeness (QED) is 0.739. The highest BCUT2D eigenvalue weighted by molar-refractivity contribution is 5.92. The van der Waals surface area contributed by atoms with Gasteiger partial charge < -0.3 is 9.88 Å². The number of likely N-dealkylation sites (tertiary alicyclic amines) is 1. The lowest BCUT2D eigenvalue weighted by Crippen LogP contribution is -2.40. The molecule has 1 aliphatic rings. The van der Waals surface area contributed by atoms with E-state index >= 15 is 0 Å². The molecule has 0 bridgehead atoms. The fraction of sp³-hybridized carbons (Fsp3) is 0.476. The van der Waals surface area contributed by atoms with Crippen molar-refractivity contribution in [1.82, 2.24) is 24.2 Å². The molecular weight excluding hydrogens is 352 g/mol. The van der Waals surface area contributed by atoms with Gasteiger partial charge in [0, 0.05) is 32.3 Å². The Morgan fingerprint density at radius 2 is 2.14 bits per heavy atom. The zero-order valence-electron chi connectivity index (χ0n) is 16.9. The summed E-state index contributed by atoms with van der Waals surface area (Å²) >= 11 is 0. The van der Waals surface area contributed by atoms with Gasteiger partial charge in [0.2, 0.25) is 5.91 Å². The van der Waals surface area contributed by atoms with Crippen molar-refractivity contribution in [1.29, 1.82) is 0 Å². The lowest BCUT2D eigenvalue weighted by atomic mass is 9.97. The third kappa shape index (κ3) is 3.67. The van der Waals surface area contributed by atoms with Gasteiger partial charge in [0.05, 0.1) is 29.0 Å². The predicted octanol–water partition coefficient (Wildman–Crippen LogP) is 2.92. The maximum absolute atomic E-state index is 12.6. The summed E-state index contributed by atoms with van der Waals surface area (Å²) < 4.78 is 4.04. The zero-order valence-corrected chi connectivity index (χ0v) is 16.9. The minimum Gasteiger partial charge on any atom is -0.331 e. The van der Waals surface area contributed by atoms with Gasteiger partial charge in [-0.1, -0.05) is 12.1 Å². The Labute approximate surface area is 165 Å². The maximum atomic E-state index is 12.6. The van der Waals surface area contributed by atoms with Crippen molar-refractivity contribution in [2.45, 2.75) is 39.2 Å². The third-order valence-corrected chi connectivity index (χ3v) is 5.60. The maximum Gasteiger partial charge on any atom is 0.238 e. The molecule has 1 atom stereocenters. The van der Waals surface area contributed by atoms with Crippen molar-refractivity contribution in [3.05, 3.63) is 42.0 Å². The monoisotopic (exact) mass is 380 g/mol. The number of nitrogens with zero attached hydrogens (tertiary/aromatic N) is 5. The zero-order chi connectivity index (χ0) is 19.7. The van der Waals surface area contributed by atoms with Gasteiger partial charge in [-0.15, -0.1) is 0 Å². The molecule has 1 N–H and O–H groups in total. The number of carbonyl (C=O) groups excluding carboxylic acids is 1. The van der Waals surface area contributed by atoms with E-state index in [2.05, 4.69) is 39.1 Å². The number of hydrogen-bond donors (Lipinski definition) is 1. The molecule has 0 spiro atoms. The number of imidazole rings is 1. The Hall–Kier alpha value is -2.67. The Kier molecular flexibility index (Phi) is 5.17. The van der Waals surface area contributed by atoms with Crippen LogP contribution in [0.4, 0.5) is 5.69 Å². The van der Waals surface area contributed by atoms with Crippen molar-refractivity contribution < 1.29 is 4.79 Å². The summed E-state index contributed by atoms with van der Waals surface area (Å²) in [6, 6.07) is 8.25. The fourth-order valence-electron chi connectivity index (χ4n) is 4.13. The molecule has 28 heavy (non-hydrogen) atoms. The molecule has 2 aromatic heterocycles. The van der Waals surface area contributed by atoms with Gasteiger partial charge in [0.1, 0.15) is 5.82 Å². The van der Waals surface area contributed by atoms with Gasteiger partial charge in [-0.2, -0.15) is 5.10 Å². The van der Waals surface area contributed by atoms with Crippen LogP contribution < -0.4 is 5.32 Å². The molecule has 0 saturated carbocycles. The topological polar surface area (TPSA) is 68.0 Å². The lowest BCUT2D eigenvalue weighted by Gasteiger charge is -2.31. The minimum absolute atomic E-state index is 0.0180. The second-order valence-corrected chi connectivity index (χ2v) is 7.62. The van der Waals surface area contributed by atoms with E-state index in [0.29, 0.717) is 12.5 Å². The Bertz CT molecular complexity index is 988. The van der Waals surface area contributed by atoms with Crippen LogP contribution in [0.15, 0.2) is 30.5 Å². The van der Waals surface area contributed by atoms with Crippen LogP contribution in [0.1, 0.15) is 37.2 Å². The molecule has 148 valence electrons. The molecular formula is C21H28N6O. The standard InChI is InChI=1S/C21H28N6O/c1-4-27-13-18(15(2)24-27)22-20(28)14-26-11-7-8-16(12-26)21-23-17-9-5-6-10-19(17)25(21)3/h5-6,9-10,13,16H,4,7-8,11-12,14H2,1-3H3,(H,22,28). The van der Waals surface area contributed by atoms with Crippen molar-refractivity contribution in [2.24, 2.45) is 7.05 Å². The van der Waals surface area contributed by atoms with E-state index in [1.807, 2.05) is 36.9 Å². The van der Waals surface area contributed by atoms with Gasteiger partial charge in [0.15, 0.2) is 0 Å². The Morgan fingerprint density at radius 1 is 1.32 bits per heavy atom. The van der Waals surface area contributed by atoms with Gasteiger partial charge >= 0.3 is 0 Å². The van der Waals surface area contributed by atoms with Crippen LogP contribution in [0, 0.1) is 6.92 Å². The molecule has 3 aromatic rings. The molecule has 3 heterocycles. The van der Waals surface area contributed by atoms with E-state index in [-0.39, 0.29) is 5.91 Å². The first-order valence-corrected chi connectivity index (χ1v) is 10.0. The number of para-hydroxylation sites is 2. The van der Waals surface area contributed by atoms with Crippen LogP contribution in [0.5, 0.6) is 0 Å². The van der Waals surface area contributed by atoms with Gasteiger partial charge in [-0.25, -0.2) is 4.98 Å². The molecule has 7 heteroatoms. The summed E-state index contributed by atoms with van der Waals surface area (Å²) in [6.07, 6.45) is 4.08. The summed E-state index contributed by atoms with van der Waals surface area (Å²) in [6.45, 7) is 6.95. The van der Waals surface area contributed by atoms with Crippen LogP contribution in [0.3, 0.4) is 0 Å². The number of hydrogen-bond acceptors (Lipinski definition) is 4. The lowest BCUT2D eigenvalue weighted by molar-refractivity contribution is -0.117. The first-order chi connectivity index (χ1) is 13.5. The SMILES string of the molecule is CCn1cc(NC(=O)CN2CCCC(c3nc4ccccc4n3C)C2)c(C)n1.